The van der Waals surface area contributed by atoms with Gasteiger partial charge in [0.1, 0.15) is 0 Å². The molecule has 4 nitrogen and oxygen atoms in total. The summed E-state index contributed by atoms with van der Waals surface area (Å²) in [7, 11) is 0. The molecular weight excluding hydrogens is 240 g/mol. The minimum atomic E-state index is -0.373. The molecule has 1 N–H and O–H groups in total. The molecule has 2 aromatic rings. The molecule has 0 amide bonds. The summed E-state index contributed by atoms with van der Waals surface area (Å²) in [6.07, 6.45) is 0.892. The predicted molar refractivity (Wildman–Crippen MR) is 76.5 cm³/mol. The normalized spacial score (nSPS) is 10.2. The van der Waals surface area contributed by atoms with E-state index in [0.29, 0.717) is 0 Å². The van der Waals surface area contributed by atoms with E-state index in [4.69, 9.17) is 0 Å². The van der Waals surface area contributed by atoms with Gasteiger partial charge in [0, 0.05) is 24.4 Å². The third-order valence-corrected chi connectivity index (χ3v) is 3.00. The van der Waals surface area contributed by atoms with Crippen molar-refractivity contribution in [3.63, 3.8) is 0 Å². The van der Waals surface area contributed by atoms with Gasteiger partial charge in [-0.15, -0.1) is 0 Å². The summed E-state index contributed by atoms with van der Waals surface area (Å²) in [5, 5.41) is 14.0. The van der Waals surface area contributed by atoms with E-state index < -0.39 is 0 Å². The number of hydrogen-bond donors (Lipinski definition) is 1. The Kier molecular flexibility index (Phi) is 4.13. The lowest BCUT2D eigenvalue weighted by molar-refractivity contribution is -0.384. The smallest absolute Gasteiger partial charge is 0.271 e. The number of hydrogen-bond acceptors (Lipinski definition) is 3. The summed E-state index contributed by atoms with van der Waals surface area (Å²) in [5.74, 6) is 0. The van der Waals surface area contributed by atoms with Crippen LogP contribution in [0.1, 0.15) is 11.1 Å². The lowest BCUT2D eigenvalue weighted by Crippen LogP contribution is -2.06. The maximum atomic E-state index is 10.7. The van der Waals surface area contributed by atoms with Crippen molar-refractivity contribution in [3.8, 4) is 0 Å². The molecule has 19 heavy (non-hydrogen) atoms. The fourth-order valence-corrected chi connectivity index (χ4v) is 1.90. The highest BCUT2D eigenvalue weighted by molar-refractivity contribution is 5.56. The van der Waals surface area contributed by atoms with Gasteiger partial charge in [-0.05, 0) is 24.5 Å². The van der Waals surface area contributed by atoms with Crippen LogP contribution < -0.4 is 5.32 Å². The van der Waals surface area contributed by atoms with Crippen molar-refractivity contribution in [2.75, 3.05) is 11.9 Å². The average Bonchev–Trinajstić information content (AvgIpc) is 2.42. The number of benzene rings is 2. The Morgan fingerprint density at radius 2 is 1.89 bits per heavy atom. The second kappa shape index (κ2) is 6.00. The molecule has 0 aliphatic heterocycles. The first kappa shape index (κ1) is 13.1. The monoisotopic (exact) mass is 256 g/mol. The third-order valence-electron chi connectivity index (χ3n) is 3.00. The SMILES string of the molecule is Cc1ccc([N+](=O)[O-])cc1NCCc1ccccc1. The van der Waals surface area contributed by atoms with Crippen LogP contribution in [0.3, 0.4) is 0 Å². The van der Waals surface area contributed by atoms with Crippen LogP contribution in [0.2, 0.25) is 0 Å². The Bertz CT molecular complexity index is 568. The highest BCUT2D eigenvalue weighted by Gasteiger charge is 2.07. The molecule has 0 spiro atoms. The van der Waals surface area contributed by atoms with E-state index in [1.54, 1.807) is 12.1 Å². The molecule has 98 valence electrons. The molecule has 0 radical (unpaired) electrons. The van der Waals surface area contributed by atoms with Gasteiger partial charge in [-0.1, -0.05) is 36.4 Å². The molecule has 0 fully saturated rings. The molecule has 0 atom stereocenters. The zero-order valence-electron chi connectivity index (χ0n) is 10.8. The first-order valence-electron chi connectivity index (χ1n) is 6.19. The van der Waals surface area contributed by atoms with Gasteiger partial charge in [0.25, 0.3) is 5.69 Å². The zero-order chi connectivity index (χ0) is 13.7. The third kappa shape index (κ3) is 3.55. The number of anilines is 1. The molecule has 0 aliphatic carbocycles. The van der Waals surface area contributed by atoms with Crippen LogP contribution >= 0.6 is 0 Å². The van der Waals surface area contributed by atoms with Gasteiger partial charge in [-0.2, -0.15) is 0 Å². The van der Waals surface area contributed by atoms with Crippen molar-refractivity contribution in [3.05, 3.63) is 69.8 Å². The molecule has 0 saturated carbocycles. The molecule has 0 bridgehead atoms. The van der Waals surface area contributed by atoms with E-state index in [2.05, 4.69) is 17.4 Å². The van der Waals surface area contributed by atoms with Gasteiger partial charge in [0.15, 0.2) is 0 Å². The van der Waals surface area contributed by atoms with E-state index in [-0.39, 0.29) is 10.6 Å². The average molecular weight is 256 g/mol. The van der Waals surface area contributed by atoms with Gasteiger partial charge < -0.3 is 5.32 Å². The number of nitrogens with one attached hydrogen (secondary N) is 1. The molecule has 2 aromatic carbocycles. The first-order chi connectivity index (χ1) is 9.16. The summed E-state index contributed by atoms with van der Waals surface area (Å²) in [5.41, 5.74) is 3.20. The maximum absolute atomic E-state index is 10.7. The summed E-state index contributed by atoms with van der Waals surface area (Å²) < 4.78 is 0. The lowest BCUT2D eigenvalue weighted by atomic mass is 10.1. The van der Waals surface area contributed by atoms with Crippen molar-refractivity contribution in [1.82, 2.24) is 0 Å². The largest absolute Gasteiger partial charge is 0.384 e. The summed E-state index contributed by atoms with van der Waals surface area (Å²) in [6, 6.07) is 15.0. The number of nitrogens with zero attached hydrogens (tertiary/aromatic N) is 1. The Labute approximate surface area is 112 Å². The summed E-state index contributed by atoms with van der Waals surface area (Å²) >= 11 is 0. The molecule has 0 saturated heterocycles. The van der Waals surface area contributed by atoms with Gasteiger partial charge in [-0.3, -0.25) is 10.1 Å². The van der Waals surface area contributed by atoms with Crippen LogP contribution in [0, 0.1) is 17.0 Å². The van der Waals surface area contributed by atoms with Crippen molar-refractivity contribution >= 4 is 11.4 Å². The summed E-state index contributed by atoms with van der Waals surface area (Å²) in [4.78, 5) is 10.4. The topological polar surface area (TPSA) is 55.2 Å². The van der Waals surface area contributed by atoms with Crippen LogP contribution in [-0.2, 0) is 6.42 Å². The van der Waals surface area contributed by atoms with Crippen molar-refractivity contribution in [2.24, 2.45) is 0 Å². The van der Waals surface area contributed by atoms with Crippen molar-refractivity contribution in [2.45, 2.75) is 13.3 Å². The van der Waals surface area contributed by atoms with Crippen molar-refractivity contribution in [1.29, 1.82) is 0 Å². The zero-order valence-corrected chi connectivity index (χ0v) is 10.8. The van der Waals surface area contributed by atoms with Crippen molar-refractivity contribution < 1.29 is 4.92 Å². The van der Waals surface area contributed by atoms with E-state index in [9.17, 15) is 10.1 Å². The van der Waals surface area contributed by atoms with Crippen LogP contribution in [-0.4, -0.2) is 11.5 Å². The number of nitro groups is 1. The minimum absolute atomic E-state index is 0.118. The number of non-ortho nitro benzene ring substituents is 1. The van der Waals surface area contributed by atoms with E-state index in [0.717, 1.165) is 24.2 Å². The molecule has 4 heteroatoms. The second-order valence-electron chi connectivity index (χ2n) is 4.42. The van der Waals surface area contributed by atoms with E-state index >= 15 is 0 Å². The Balaban J connectivity index is 1.99. The quantitative estimate of drug-likeness (QED) is 0.657. The van der Waals surface area contributed by atoms with Crippen LogP contribution in [0.4, 0.5) is 11.4 Å². The first-order valence-corrected chi connectivity index (χ1v) is 6.19. The van der Waals surface area contributed by atoms with E-state index in [1.807, 2.05) is 25.1 Å². The van der Waals surface area contributed by atoms with Gasteiger partial charge >= 0.3 is 0 Å². The van der Waals surface area contributed by atoms with Crippen LogP contribution in [0.15, 0.2) is 48.5 Å². The van der Waals surface area contributed by atoms with Crippen LogP contribution in [0.25, 0.3) is 0 Å². The molecule has 0 heterocycles. The van der Waals surface area contributed by atoms with Gasteiger partial charge in [-0.25, -0.2) is 0 Å². The van der Waals surface area contributed by atoms with Gasteiger partial charge in [0.2, 0.25) is 0 Å². The number of nitro benzene ring substituents is 1. The van der Waals surface area contributed by atoms with Gasteiger partial charge in [0.05, 0.1) is 4.92 Å². The maximum Gasteiger partial charge on any atom is 0.271 e. The lowest BCUT2D eigenvalue weighted by Gasteiger charge is -2.09. The molecule has 2 rings (SSSR count). The molecule has 0 aliphatic rings. The fraction of sp³-hybridized carbons (Fsp3) is 0.200. The second-order valence-corrected chi connectivity index (χ2v) is 4.42. The van der Waals surface area contributed by atoms with E-state index in [1.165, 1.54) is 11.6 Å². The Morgan fingerprint density at radius 3 is 2.58 bits per heavy atom. The Morgan fingerprint density at radius 1 is 1.16 bits per heavy atom. The molecule has 0 unspecified atom stereocenters. The minimum Gasteiger partial charge on any atom is -0.384 e. The van der Waals surface area contributed by atoms with Crippen LogP contribution in [0.5, 0.6) is 0 Å². The highest BCUT2D eigenvalue weighted by atomic mass is 16.6. The molecular formula is C15H16N2O2. The summed E-state index contributed by atoms with van der Waals surface area (Å²) in [6.45, 7) is 2.70. The number of rotatable bonds is 5. The fourth-order valence-electron chi connectivity index (χ4n) is 1.90. The number of aryl methyl sites for hydroxylation is 1. The highest BCUT2D eigenvalue weighted by Crippen LogP contribution is 2.21. The molecule has 0 aromatic heterocycles. The Hall–Kier alpha value is -2.36. The predicted octanol–water partition coefficient (Wildman–Crippen LogP) is 3.56. The standard InChI is InChI=1S/C15H16N2O2/c1-12-7-8-14(17(18)19)11-15(12)16-10-9-13-5-3-2-4-6-13/h2-8,11,16H,9-10H2,1H3.